The molecule has 114 valence electrons. The molecule has 3 rings (SSSR count). The molecule has 1 aliphatic rings. The first-order chi connectivity index (χ1) is 10.2. The van der Waals surface area contributed by atoms with Crippen molar-refractivity contribution in [3.63, 3.8) is 0 Å². The van der Waals surface area contributed by atoms with Gasteiger partial charge in [-0.3, -0.25) is 4.57 Å². The number of nitrogens with zero attached hydrogens (tertiary/aromatic N) is 4. The average molecular weight is 311 g/mol. The third-order valence-electron chi connectivity index (χ3n) is 3.37. The van der Waals surface area contributed by atoms with Crippen LogP contribution < -0.4 is 5.73 Å². The fourth-order valence-electron chi connectivity index (χ4n) is 2.42. The molecule has 0 saturated carbocycles. The topological polar surface area (TPSA) is 119 Å². The lowest BCUT2D eigenvalue weighted by molar-refractivity contribution is -0.0285. The van der Waals surface area contributed by atoms with Crippen LogP contribution in [0.1, 0.15) is 12.6 Å². The van der Waals surface area contributed by atoms with Crippen LogP contribution in [0.3, 0.4) is 0 Å². The maximum Gasteiger partial charge on any atom is 0.167 e. The molecule has 21 heavy (non-hydrogen) atoms. The minimum absolute atomic E-state index is 0.0572. The molecule has 4 N–H and O–H groups in total. The predicted molar refractivity (Wildman–Crippen MR) is 78.7 cm³/mol. The number of aliphatic hydroxyl groups excluding tert-OH is 2. The first kappa shape index (κ1) is 14.5. The zero-order valence-electron chi connectivity index (χ0n) is 11.3. The molecule has 0 spiro atoms. The molecular formula is C12H17N5O3S. The van der Waals surface area contributed by atoms with Gasteiger partial charge in [-0.1, -0.05) is 0 Å². The third kappa shape index (κ3) is 2.82. The number of ether oxygens (including phenoxy) is 1. The van der Waals surface area contributed by atoms with E-state index in [1.807, 2.05) is 0 Å². The number of rotatable bonds is 5. The lowest BCUT2D eigenvalue weighted by Gasteiger charge is -2.16. The third-order valence-corrected chi connectivity index (χ3v) is 4.44. The molecule has 0 amide bonds. The lowest BCUT2D eigenvalue weighted by Crippen LogP contribution is -2.19. The maximum absolute atomic E-state index is 10.2. The van der Waals surface area contributed by atoms with E-state index in [4.69, 9.17) is 15.6 Å². The van der Waals surface area contributed by atoms with Gasteiger partial charge in [-0.05, 0) is 0 Å². The Morgan fingerprint density at radius 1 is 1.43 bits per heavy atom. The van der Waals surface area contributed by atoms with Crippen molar-refractivity contribution in [1.29, 1.82) is 0 Å². The van der Waals surface area contributed by atoms with Gasteiger partial charge in [0, 0.05) is 17.9 Å². The van der Waals surface area contributed by atoms with Gasteiger partial charge in [-0.2, -0.15) is 11.8 Å². The first-order valence-corrected chi connectivity index (χ1v) is 7.81. The van der Waals surface area contributed by atoms with Crippen LogP contribution in [-0.2, 0) is 4.74 Å². The van der Waals surface area contributed by atoms with Crippen molar-refractivity contribution in [2.45, 2.75) is 24.9 Å². The number of anilines is 1. The number of thioether (sulfide) groups is 1. The van der Waals surface area contributed by atoms with Gasteiger partial charge in [0.15, 0.2) is 17.7 Å². The Morgan fingerprint density at radius 3 is 3.10 bits per heavy atom. The summed E-state index contributed by atoms with van der Waals surface area (Å²) < 4.78 is 7.57. The van der Waals surface area contributed by atoms with Crippen LogP contribution in [0.15, 0.2) is 12.7 Å². The van der Waals surface area contributed by atoms with Crippen LogP contribution in [0, 0.1) is 0 Å². The Bertz CT molecular complexity index is 622. The summed E-state index contributed by atoms with van der Waals surface area (Å²) in [6, 6.07) is 0. The highest BCUT2D eigenvalue weighted by Crippen LogP contribution is 2.32. The van der Waals surface area contributed by atoms with E-state index in [1.165, 1.54) is 6.33 Å². The highest BCUT2D eigenvalue weighted by Gasteiger charge is 2.36. The summed E-state index contributed by atoms with van der Waals surface area (Å²) in [5, 5.41) is 19.0. The normalized spacial score (nSPS) is 25.7. The molecule has 1 aliphatic heterocycles. The van der Waals surface area contributed by atoms with E-state index >= 15 is 0 Å². The largest absolute Gasteiger partial charge is 0.396 e. The number of hydrogen-bond acceptors (Lipinski definition) is 8. The molecule has 0 unspecified atom stereocenters. The van der Waals surface area contributed by atoms with Crippen molar-refractivity contribution in [2.75, 3.05) is 23.8 Å². The Kier molecular flexibility index (Phi) is 4.24. The van der Waals surface area contributed by atoms with Gasteiger partial charge >= 0.3 is 0 Å². The fourth-order valence-corrected chi connectivity index (χ4v) is 3.20. The minimum Gasteiger partial charge on any atom is -0.396 e. The molecule has 3 heterocycles. The predicted octanol–water partition coefficient (Wildman–Crippen LogP) is -0.218. The molecule has 1 saturated heterocycles. The Hall–Kier alpha value is -1.42. The van der Waals surface area contributed by atoms with E-state index in [0.29, 0.717) is 29.2 Å². The summed E-state index contributed by atoms with van der Waals surface area (Å²) in [6.45, 7) is 0.145. The summed E-state index contributed by atoms with van der Waals surface area (Å²) in [6.07, 6.45) is 2.27. The molecule has 2 aromatic rings. The van der Waals surface area contributed by atoms with Crippen LogP contribution >= 0.6 is 11.8 Å². The SMILES string of the molecule is Nc1ncnc2c1ncn2[C@@H]1O[C@H](CSCCO)C[C@H]1O. The zero-order valence-corrected chi connectivity index (χ0v) is 12.1. The van der Waals surface area contributed by atoms with E-state index in [-0.39, 0.29) is 12.7 Å². The molecule has 0 aromatic carbocycles. The van der Waals surface area contributed by atoms with E-state index in [1.54, 1.807) is 22.7 Å². The van der Waals surface area contributed by atoms with Gasteiger partial charge in [0.2, 0.25) is 0 Å². The van der Waals surface area contributed by atoms with Crippen LogP contribution in [0.5, 0.6) is 0 Å². The van der Waals surface area contributed by atoms with E-state index < -0.39 is 12.3 Å². The van der Waals surface area contributed by atoms with E-state index in [2.05, 4.69) is 15.0 Å². The van der Waals surface area contributed by atoms with Gasteiger partial charge < -0.3 is 20.7 Å². The molecule has 9 heteroatoms. The maximum atomic E-state index is 10.2. The van der Waals surface area contributed by atoms with Gasteiger partial charge in [-0.25, -0.2) is 15.0 Å². The highest BCUT2D eigenvalue weighted by molar-refractivity contribution is 7.99. The zero-order chi connectivity index (χ0) is 14.8. The molecule has 3 atom stereocenters. The second-order valence-corrected chi connectivity index (χ2v) is 5.98. The smallest absolute Gasteiger partial charge is 0.167 e. The summed E-state index contributed by atoms with van der Waals surface area (Å²) in [4.78, 5) is 12.2. The number of fused-ring (bicyclic) bond motifs is 1. The van der Waals surface area contributed by atoms with Crippen molar-refractivity contribution in [3.8, 4) is 0 Å². The second-order valence-electron chi connectivity index (χ2n) is 4.83. The second kappa shape index (κ2) is 6.14. The molecular weight excluding hydrogens is 294 g/mol. The van der Waals surface area contributed by atoms with Crippen molar-refractivity contribution in [1.82, 2.24) is 19.5 Å². The summed E-state index contributed by atoms with van der Waals surface area (Å²) in [7, 11) is 0. The summed E-state index contributed by atoms with van der Waals surface area (Å²) in [5.41, 5.74) is 6.81. The van der Waals surface area contributed by atoms with E-state index in [0.717, 1.165) is 5.75 Å². The Labute approximate surface area is 125 Å². The summed E-state index contributed by atoms with van der Waals surface area (Å²) >= 11 is 1.60. The quantitative estimate of drug-likeness (QED) is 0.649. The molecule has 1 fully saturated rings. The van der Waals surface area contributed by atoms with Crippen LogP contribution in [0.25, 0.3) is 11.2 Å². The highest BCUT2D eigenvalue weighted by atomic mass is 32.2. The van der Waals surface area contributed by atoms with Crippen LogP contribution in [0.2, 0.25) is 0 Å². The van der Waals surface area contributed by atoms with Gasteiger partial charge in [0.25, 0.3) is 0 Å². The van der Waals surface area contributed by atoms with Gasteiger partial charge in [0.1, 0.15) is 17.9 Å². The van der Waals surface area contributed by atoms with Crippen molar-refractivity contribution < 1.29 is 14.9 Å². The molecule has 2 aromatic heterocycles. The molecule has 8 nitrogen and oxygen atoms in total. The van der Waals surface area contributed by atoms with E-state index in [9.17, 15) is 5.11 Å². The van der Waals surface area contributed by atoms with Crippen molar-refractivity contribution in [2.24, 2.45) is 0 Å². The standard InChI is InChI=1S/C12H17N5O3S/c13-10-9-11(15-5-14-10)17(6-16-9)12-8(19)3-7(20-12)4-21-2-1-18/h5-8,12,18-19H,1-4H2,(H2,13,14,15)/t7-,8+,12+/m0/s1. The summed E-state index contributed by atoms with van der Waals surface area (Å²) in [5.74, 6) is 1.71. The minimum atomic E-state index is -0.627. The molecule has 0 bridgehead atoms. The first-order valence-electron chi connectivity index (χ1n) is 6.66. The number of nitrogens with two attached hydrogens (primary N) is 1. The monoisotopic (exact) mass is 311 g/mol. The Balaban J connectivity index is 1.78. The van der Waals surface area contributed by atoms with Crippen molar-refractivity contribution >= 4 is 28.7 Å². The lowest BCUT2D eigenvalue weighted by atomic mass is 10.2. The van der Waals surface area contributed by atoms with Crippen molar-refractivity contribution in [3.05, 3.63) is 12.7 Å². The van der Waals surface area contributed by atoms with Gasteiger partial charge in [-0.15, -0.1) is 0 Å². The molecule has 0 radical (unpaired) electrons. The number of imidazole rings is 1. The number of aromatic nitrogens is 4. The number of aliphatic hydroxyl groups is 2. The van der Waals surface area contributed by atoms with Crippen LogP contribution in [-0.4, -0.2) is 60.1 Å². The average Bonchev–Trinajstić information content (AvgIpc) is 3.04. The van der Waals surface area contributed by atoms with Crippen LogP contribution in [0.4, 0.5) is 5.82 Å². The molecule has 0 aliphatic carbocycles. The fraction of sp³-hybridized carbons (Fsp3) is 0.583. The number of hydrogen-bond donors (Lipinski definition) is 3. The number of nitrogen functional groups attached to an aromatic ring is 1. The van der Waals surface area contributed by atoms with Gasteiger partial charge in [0.05, 0.1) is 19.0 Å². The Morgan fingerprint density at radius 2 is 2.29 bits per heavy atom.